The molecule has 8 heteroatoms. The molecular weight excluding hydrogens is 496 g/mol. The van der Waals surface area contributed by atoms with Gasteiger partial charge in [-0.3, -0.25) is 4.79 Å². The molecule has 198 valence electrons. The monoisotopic (exact) mass is 524 g/mol. The van der Waals surface area contributed by atoms with Crippen LogP contribution in [0.5, 0.6) is 23.0 Å². The number of amides is 1. The number of benzene rings is 4. The Morgan fingerprint density at radius 3 is 2.13 bits per heavy atom. The fraction of sp³-hybridized carbons (Fsp3) is 0.129. The molecule has 0 radical (unpaired) electrons. The van der Waals surface area contributed by atoms with E-state index in [-0.39, 0.29) is 11.7 Å². The predicted octanol–water partition coefficient (Wildman–Crippen LogP) is 5.66. The van der Waals surface area contributed by atoms with Crippen molar-refractivity contribution in [3.8, 4) is 23.0 Å². The topological polar surface area (TPSA) is 95.5 Å². The number of hydrazone groups is 1. The first-order chi connectivity index (χ1) is 19.1. The molecule has 0 aliphatic rings. The smallest absolute Gasteiger partial charge is 0.343 e. The average molecular weight is 525 g/mol. The molecular formula is C31H28N2O6. The molecule has 39 heavy (non-hydrogen) atoms. The van der Waals surface area contributed by atoms with Gasteiger partial charge in [0.15, 0.2) is 11.5 Å². The first kappa shape index (κ1) is 26.9. The molecule has 8 nitrogen and oxygen atoms in total. The third-order valence-electron chi connectivity index (χ3n) is 5.54. The Bertz CT molecular complexity index is 1420. The van der Waals surface area contributed by atoms with Gasteiger partial charge in [0.1, 0.15) is 18.1 Å². The Hall–Kier alpha value is -5.11. The SMILES string of the molecule is CCOc1ccc(C(=O)Oc2ccc(C=NNC(=O)c3ccc(OCc4ccccc4)cc3)cc2OC)cc1. The van der Waals surface area contributed by atoms with Crippen molar-refractivity contribution >= 4 is 18.1 Å². The Morgan fingerprint density at radius 2 is 1.46 bits per heavy atom. The number of nitrogens with zero attached hydrogens (tertiary/aromatic N) is 1. The van der Waals surface area contributed by atoms with Gasteiger partial charge in [-0.05, 0) is 84.8 Å². The molecule has 0 atom stereocenters. The van der Waals surface area contributed by atoms with Crippen molar-refractivity contribution in [2.24, 2.45) is 5.10 Å². The quantitative estimate of drug-likeness (QED) is 0.118. The highest BCUT2D eigenvalue weighted by molar-refractivity contribution is 5.95. The third kappa shape index (κ3) is 7.69. The van der Waals surface area contributed by atoms with E-state index in [9.17, 15) is 9.59 Å². The van der Waals surface area contributed by atoms with Crippen LogP contribution in [0.3, 0.4) is 0 Å². The summed E-state index contributed by atoms with van der Waals surface area (Å²) in [5, 5.41) is 4.02. The van der Waals surface area contributed by atoms with E-state index in [1.54, 1.807) is 66.7 Å². The number of hydrogen-bond acceptors (Lipinski definition) is 7. The van der Waals surface area contributed by atoms with Crippen LogP contribution >= 0.6 is 0 Å². The second-order valence-electron chi connectivity index (χ2n) is 8.25. The Labute approximate surface area is 226 Å². The van der Waals surface area contributed by atoms with Gasteiger partial charge in [0.05, 0.1) is 25.5 Å². The Morgan fingerprint density at radius 1 is 0.795 bits per heavy atom. The molecule has 0 spiro atoms. The van der Waals surface area contributed by atoms with Crippen LogP contribution in [0.2, 0.25) is 0 Å². The summed E-state index contributed by atoms with van der Waals surface area (Å²) in [7, 11) is 1.47. The number of carbonyl (C=O) groups excluding carboxylic acids is 2. The minimum absolute atomic E-state index is 0.257. The van der Waals surface area contributed by atoms with Crippen LogP contribution in [0.25, 0.3) is 0 Å². The molecule has 1 amide bonds. The number of rotatable bonds is 11. The van der Waals surface area contributed by atoms with Crippen molar-refractivity contribution in [3.05, 3.63) is 119 Å². The van der Waals surface area contributed by atoms with Gasteiger partial charge < -0.3 is 18.9 Å². The van der Waals surface area contributed by atoms with Gasteiger partial charge in [0, 0.05) is 5.56 Å². The summed E-state index contributed by atoms with van der Waals surface area (Å²) in [6.45, 7) is 2.87. The van der Waals surface area contributed by atoms with Gasteiger partial charge in [-0.15, -0.1) is 0 Å². The average Bonchev–Trinajstić information content (AvgIpc) is 2.98. The highest BCUT2D eigenvalue weighted by Crippen LogP contribution is 2.28. The number of carbonyl (C=O) groups is 2. The van der Waals surface area contributed by atoms with Gasteiger partial charge in [-0.2, -0.15) is 5.10 Å². The molecule has 4 rings (SSSR count). The van der Waals surface area contributed by atoms with Gasteiger partial charge >= 0.3 is 5.97 Å². The highest BCUT2D eigenvalue weighted by Gasteiger charge is 2.13. The minimum Gasteiger partial charge on any atom is -0.494 e. The lowest BCUT2D eigenvalue weighted by Gasteiger charge is -2.10. The van der Waals surface area contributed by atoms with E-state index in [0.29, 0.717) is 47.2 Å². The van der Waals surface area contributed by atoms with Crippen LogP contribution in [0.1, 0.15) is 38.8 Å². The highest BCUT2D eigenvalue weighted by atomic mass is 16.6. The summed E-state index contributed by atoms with van der Waals surface area (Å²) in [5.74, 6) is 1.04. The van der Waals surface area contributed by atoms with Crippen molar-refractivity contribution in [1.82, 2.24) is 5.43 Å². The van der Waals surface area contributed by atoms with Crippen LogP contribution < -0.4 is 24.4 Å². The van der Waals surface area contributed by atoms with E-state index in [1.165, 1.54) is 13.3 Å². The largest absolute Gasteiger partial charge is 0.494 e. The third-order valence-corrected chi connectivity index (χ3v) is 5.54. The van der Waals surface area contributed by atoms with Crippen LogP contribution in [-0.2, 0) is 6.61 Å². The van der Waals surface area contributed by atoms with E-state index in [0.717, 1.165) is 5.56 Å². The number of hydrogen-bond donors (Lipinski definition) is 1. The summed E-state index contributed by atoms with van der Waals surface area (Å²) in [4.78, 5) is 25.0. The lowest BCUT2D eigenvalue weighted by molar-refractivity contribution is 0.0729. The van der Waals surface area contributed by atoms with Gasteiger partial charge in [0.25, 0.3) is 5.91 Å². The lowest BCUT2D eigenvalue weighted by Crippen LogP contribution is -2.17. The Kier molecular flexibility index (Phi) is 9.28. The molecule has 0 saturated carbocycles. The number of ether oxygens (including phenoxy) is 4. The van der Waals surface area contributed by atoms with Crippen molar-refractivity contribution in [1.29, 1.82) is 0 Å². The van der Waals surface area contributed by atoms with Gasteiger partial charge in [0.2, 0.25) is 0 Å². The molecule has 0 aliphatic carbocycles. The minimum atomic E-state index is -0.526. The molecule has 1 N–H and O–H groups in total. The van der Waals surface area contributed by atoms with E-state index >= 15 is 0 Å². The summed E-state index contributed by atoms with van der Waals surface area (Å²) < 4.78 is 22.0. The zero-order valence-electron chi connectivity index (χ0n) is 21.6. The first-order valence-electron chi connectivity index (χ1n) is 12.3. The van der Waals surface area contributed by atoms with Gasteiger partial charge in [-0.1, -0.05) is 30.3 Å². The second-order valence-corrected chi connectivity index (χ2v) is 8.25. The maximum Gasteiger partial charge on any atom is 0.343 e. The van der Waals surface area contributed by atoms with E-state index in [1.807, 2.05) is 37.3 Å². The van der Waals surface area contributed by atoms with E-state index in [4.69, 9.17) is 18.9 Å². The standard InChI is InChI=1S/C31H28N2O6/c1-3-37-26-16-12-25(13-17-26)31(35)39-28-18-9-23(19-29(28)36-2)20-32-33-30(34)24-10-14-27(15-11-24)38-21-22-7-5-4-6-8-22/h4-20H,3,21H2,1-2H3,(H,33,34). The maximum atomic E-state index is 12.5. The van der Waals surface area contributed by atoms with Crippen molar-refractivity contribution in [3.63, 3.8) is 0 Å². The fourth-order valence-corrected chi connectivity index (χ4v) is 3.53. The fourth-order valence-electron chi connectivity index (χ4n) is 3.53. The first-order valence-corrected chi connectivity index (χ1v) is 12.3. The maximum absolute atomic E-state index is 12.5. The number of methoxy groups -OCH3 is 1. The predicted molar refractivity (Wildman–Crippen MR) is 148 cm³/mol. The van der Waals surface area contributed by atoms with Gasteiger partial charge in [-0.25, -0.2) is 10.2 Å². The molecule has 0 fully saturated rings. The summed E-state index contributed by atoms with van der Waals surface area (Å²) in [6, 6.07) is 28.3. The molecule has 0 aliphatic heterocycles. The normalized spacial score (nSPS) is 10.6. The summed E-state index contributed by atoms with van der Waals surface area (Å²) >= 11 is 0. The van der Waals surface area contributed by atoms with Crippen LogP contribution in [0.15, 0.2) is 102 Å². The molecule has 0 bridgehead atoms. The Balaban J connectivity index is 1.31. The van der Waals surface area contributed by atoms with Crippen LogP contribution in [-0.4, -0.2) is 31.8 Å². The van der Waals surface area contributed by atoms with E-state index in [2.05, 4.69) is 10.5 Å². The number of esters is 1. The molecule has 4 aromatic carbocycles. The van der Waals surface area contributed by atoms with E-state index < -0.39 is 5.97 Å². The zero-order valence-corrected chi connectivity index (χ0v) is 21.6. The molecule has 0 heterocycles. The number of nitrogens with one attached hydrogen (secondary N) is 1. The molecule has 0 aromatic heterocycles. The molecule has 4 aromatic rings. The zero-order chi connectivity index (χ0) is 27.5. The lowest BCUT2D eigenvalue weighted by atomic mass is 10.2. The molecule has 0 unspecified atom stereocenters. The van der Waals surface area contributed by atoms with Crippen LogP contribution in [0, 0.1) is 0 Å². The van der Waals surface area contributed by atoms with Crippen molar-refractivity contribution < 1.29 is 28.5 Å². The van der Waals surface area contributed by atoms with Crippen molar-refractivity contribution in [2.45, 2.75) is 13.5 Å². The second kappa shape index (κ2) is 13.4. The van der Waals surface area contributed by atoms with Crippen LogP contribution in [0.4, 0.5) is 0 Å². The summed E-state index contributed by atoms with van der Waals surface area (Å²) in [6.07, 6.45) is 1.47. The summed E-state index contributed by atoms with van der Waals surface area (Å²) in [5.41, 5.74) is 5.01. The van der Waals surface area contributed by atoms with Crippen molar-refractivity contribution in [2.75, 3.05) is 13.7 Å². The molecule has 0 saturated heterocycles.